The molecule has 1 saturated carbocycles. The smallest absolute Gasteiger partial charge is 0.334 e. The minimum atomic E-state index is -0.344. The first-order chi connectivity index (χ1) is 13.1. The highest BCUT2D eigenvalue weighted by molar-refractivity contribution is 5.80. The summed E-state index contributed by atoms with van der Waals surface area (Å²) in [5, 5.41) is 4.57. The molecule has 0 N–H and O–H groups in total. The minimum absolute atomic E-state index is 0.00759. The lowest BCUT2D eigenvalue weighted by atomic mass is 10.1. The van der Waals surface area contributed by atoms with Gasteiger partial charge in [-0.2, -0.15) is 5.10 Å². The van der Waals surface area contributed by atoms with Crippen LogP contribution in [0.1, 0.15) is 37.1 Å². The molecule has 0 spiro atoms. The first-order valence-corrected chi connectivity index (χ1v) is 9.81. The molecule has 2 fully saturated rings. The molecule has 2 aromatic rings. The van der Waals surface area contributed by atoms with Gasteiger partial charge >= 0.3 is 5.69 Å². The Labute approximate surface area is 156 Å². The quantitative estimate of drug-likeness (QED) is 0.824. The molecule has 6 nitrogen and oxygen atoms in total. The maximum absolute atomic E-state index is 14.0. The third-order valence-electron chi connectivity index (χ3n) is 6.15. The monoisotopic (exact) mass is 370 g/mol. The molecule has 2 bridgehead atoms. The number of carbonyl (C=O) groups excluding carboxylic acids is 1. The van der Waals surface area contributed by atoms with E-state index >= 15 is 0 Å². The van der Waals surface area contributed by atoms with E-state index in [0.717, 1.165) is 18.7 Å². The molecule has 1 aromatic heterocycles. The second kappa shape index (κ2) is 6.32. The fraction of sp³-hybridized carbons (Fsp3) is 0.550. The van der Waals surface area contributed by atoms with E-state index in [1.54, 1.807) is 27.4 Å². The van der Waals surface area contributed by atoms with E-state index in [2.05, 4.69) is 5.10 Å². The highest BCUT2D eigenvalue weighted by Crippen LogP contribution is 2.32. The zero-order valence-electron chi connectivity index (χ0n) is 15.2. The molecule has 2 atom stereocenters. The lowest BCUT2D eigenvalue weighted by Crippen LogP contribution is -2.43. The van der Waals surface area contributed by atoms with E-state index in [-0.39, 0.29) is 35.9 Å². The molecule has 1 amide bonds. The van der Waals surface area contributed by atoms with Gasteiger partial charge in [-0.25, -0.2) is 13.9 Å². The Morgan fingerprint density at radius 3 is 2.70 bits per heavy atom. The lowest BCUT2D eigenvalue weighted by molar-refractivity contribution is -0.133. The van der Waals surface area contributed by atoms with Crippen molar-refractivity contribution in [1.82, 2.24) is 19.2 Å². The summed E-state index contributed by atoms with van der Waals surface area (Å²) in [6, 6.07) is 6.47. The molecule has 3 aliphatic rings. The normalized spacial score (nSPS) is 24.0. The molecule has 0 radical (unpaired) electrons. The average molecular weight is 370 g/mol. The fourth-order valence-corrected chi connectivity index (χ4v) is 4.55. The van der Waals surface area contributed by atoms with Crippen LogP contribution in [-0.4, -0.2) is 37.2 Å². The van der Waals surface area contributed by atoms with Crippen molar-refractivity contribution in [2.45, 2.75) is 63.7 Å². The van der Waals surface area contributed by atoms with Gasteiger partial charge in [0.15, 0.2) is 0 Å². The number of benzene rings is 1. The van der Waals surface area contributed by atoms with Crippen LogP contribution in [0.15, 0.2) is 29.1 Å². The van der Waals surface area contributed by atoms with Crippen molar-refractivity contribution < 1.29 is 9.18 Å². The van der Waals surface area contributed by atoms with Gasteiger partial charge in [0.2, 0.25) is 5.91 Å². The summed E-state index contributed by atoms with van der Waals surface area (Å²) in [4.78, 5) is 27.6. The third-order valence-corrected chi connectivity index (χ3v) is 6.15. The first kappa shape index (κ1) is 16.7. The number of hydrogen-bond acceptors (Lipinski definition) is 3. The molecule has 0 unspecified atom stereocenters. The number of nitrogens with zero attached hydrogens (tertiary/aromatic N) is 4. The topological polar surface area (TPSA) is 60.1 Å². The predicted octanol–water partition coefficient (Wildman–Crippen LogP) is 1.75. The van der Waals surface area contributed by atoms with Crippen molar-refractivity contribution in [3.05, 3.63) is 52.0 Å². The van der Waals surface area contributed by atoms with Crippen LogP contribution < -0.4 is 5.69 Å². The molecular weight excluding hydrogens is 347 g/mol. The summed E-state index contributed by atoms with van der Waals surface area (Å²) in [5.41, 5.74) is 0.377. The van der Waals surface area contributed by atoms with E-state index < -0.39 is 0 Å². The first-order valence-electron chi connectivity index (χ1n) is 9.81. The van der Waals surface area contributed by atoms with Gasteiger partial charge in [0.25, 0.3) is 0 Å². The predicted molar refractivity (Wildman–Crippen MR) is 96.7 cm³/mol. The summed E-state index contributed by atoms with van der Waals surface area (Å²) in [7, 11) is 0. The van der Waals surface area contributed by atoms with Crippen LogP contribution in [0.25, 0.3) is 0 Å². The van der Waals surface area contributed by atoms with E-state index in [9.17, 15) is 14.0 Å². The van der Waals surface area contributed by atoms with Gasteiger partial charge in [-0.05, 0) is 43.2 Å². The van der Waals surface area contributed by atoms with Gasteiger partial charge in [0.05, 0.1) is 12.5 Å². The highest BCUT2D eigenvalue weighted by Gasteiger charge is 2.41. The SMILES string of the molecule is O=C(Cc1ccccc1F)N1[C@@H]2CC[C@H]1Cc1nn(CC3CC3)c(=O)n1C2. The molecular formula is C20H23FN4O2. The van der Waals surface area contributed by atoms with Crippen LogP contribution in [0.3, 0.4) is 0 Å². The Morgan fingerprint density at radius 1 is 1.15 bits per heavy atom. The zero-order chi connectivity index (χ0) is 18.5. The fourth-order valence-electron chi connectivity index (χ4n) is 4.55. The highest BCUT2D eigenvalue weighted by atomic mass is 19.1. The maximum atomic E-state index is 14.0. The Kier molecular flexibility index (Phi) is 3.91. The van der Waals surface area contributed by atoms with E-state index in [0.29, 0.717) is 31.0 Å². The van der Waals surface area contributed by atoms with Gasteiger partial charge in [0.1, 0.15) is 11.6 Å². The van der Waals surface area contributed by atoms with Crippen molar-refractivity contribution in [2.75, 3.05) is 0 Å². The number of halogens is 1. The molecule has 1 aromatic carbocycles. The van der Waals surface area contributed by atoms with Gasteiger partial charge in [-0.15, -0.1) is 0 Å². The second-order valence-corrected chi connectivity index (χ2v) is 8.09. The number of hydrogen-bond donors (Lipinski definition) is 0. The number of rotatable bonds is 4. The summed E-state index contributed by atoms with van der Waals surface area (Å²) >= 11 is 0. The minimum Gasteiger partial charge on any atom is -0.334 e. The molecule has 1 aliphatic carbocycles. The van der Waals surface area contributed by atoms with Gasteiger partial charge in [0, 0.05) is 25.6 Å². The van der Waals surface area contributed by atoms with Crippen molar-refractivity contribution in [3.8, 4) is 0 Å². The van der Waals surface area contributed by atoms with E-state index in [1.165, 1.54) is 18.9 Å². The molecule has 7 heteroatoms. The Hall–Kier alpha value is -2.44. The number of aromatic nitrogens is 3. The van der Waals surface area contributed by atoms with Gasteiger partial charge < -0.3 is 4.90 Å². The van der Waals surface area contributed by atoms with Crippen LogP contribution >= 0.6 is 0 Å². The number of carbonyl (C=O) groups is 1. The number of fused-ring (bicyclic) bond motifs is 3. The number of amides is 1. The summed E-state index contributed by atoms with van der Waals surface area (Å²) < 4.78 is 17.3. The second-order valence-electron chi connectivity index (χ2n) is 8.09. The summed E-state index contributed by atoms with van der Waals surface area (Å²) in [6.07, 6.45) is 4.82. The maximum Gasteiger partial charge on any atom is 0.345 e. The van der Waals surface area contributed by atoms with Crippen LogP contribution in [0.2, 0.25) is 0 Å². The van der Waals surface area contributed by atoms with Crippen LogP contribution in [0.4, 0.5) is 4.39 Å². The molecule has 2 aliphatic heterocycles. The zero-order valence-corrected chi connectivity index (χ0v) is 15.2. The van der Waals surface area contributed by atoms with Crippen molar-refractivity contribution in [2.24, 2.45) is 5.92 Å². The lowest BCUT2D eigenvalue weighted by Gasteiger charge is -2.28. The average Bonchev–Trinajstić information content (AvgIpc) is 3.33. The standard InChI is InChI=1S/C20H23FN4O2/c21-17-4-2-1-3-14(17)9-19(26)25-15-7-8-16(25)12-23-18(10-15)22-24(20(23)27)11-13-5-6-13/h1-4,13,15-16H,5-12H2/t15-,16+/m0/s1. The van der Waals surface area contributed by atoms with Crippen molar-refractivity contribution >= 4 is 5.91 Å². The van der Waals surface area contributed by atoms with Gasteiger partial charge in [-0.1, -0.05) is 18.2 Å². The van der Waals surface area contributed by atoms with Crippen molar-refractivity contribution in [3.63, 3.8) is 0 Å². The molecule has 3 heterocycles. The summed E-state index contributed by atoms with van der Waals surface area (Å²) in [6.45, 7) is 1.21. The van der Waals surface area contributed by atoms with Crippen LogP contribution in [-0.2, 0) is 30.7 Å². The Morgan fingerprint density at radius 2 is 1.93 bits per heavy atom. The van der Waals surface area contributed by atoms with E-state index in [1.807, 2.05) is 4.90 Å². The van der Waals surface area contributed by atoms with Crippen LogP contribution in [0.5, 0.6) is 0 Å². The van der Waals surface area contributed by atoms with Crippen LogP contribution in [0, 0.1) is 11.7 Å². The Balaban J connectivity index is 1.38. The largest absolute Gasteiger partial charge is 0.345 e. The molecule has 5 rings (SSSR count). The third kappa shape index (κ3) is 2.99. The molecule has 142 valence electrons. The van der Waals surface area contributed by atoms with Crippen molar-refractivity contribution in [1.29, 1.82) is 0 Å². The molecule has 1 saturated heterocycles. The summed E-state index contributed by atoms with van der Waals surface area (Å²) in [5.74, 6) is 0.981. The van der Waals surface area contributed by atoms with Gasteiger partial charge in [-0.3, -0.25) is 9.36 Å². The Bertz CT molecular complexity index is 946. The van der Waals surface area contributed by atoms with E-state index in [4.69, 9.17) is 0 Å². The molecule has 27 heavy (non-hydrogen) atoms.